The molecule has 0 radical (unpaired) electrons. The molecular formula is C15H16N4O. The van der Waals surface area contributed by atoms with Gasteiger partial charge in [-0.2, -0.15) is 5.10 Å². The Balaban J connectivity index is 1.91. The maximum absolute atomic E-state index is 9.62. The third-order valence-electron chi connectivity index (χ3n) is 3.31. The van der Waals surface area contributed by atoms with Crippen LogP contribution in [0.25, 0.3) is 10.8 Å². The molecule has 0 unspecified atom stereocenters. The number of aryl methyl sites for hydroxylation is 2. The lowest BCUT2D eigenvalue weighted by atomic mass is 10.1. The van der Waals surface area contributed by atoms with E-state index in [-0.39, 0.29) is 5.75 Å². The van der Waals surface area contributed by atoms with Crippen LogP contribution in [0.1, 0.15) is 11.3 Å². The monoisotopic (exact) mass is 268 g/mol. The molecule has 0 spiro atoms. The van der Waals surface area contributed by atoms with Gasteiger partial charge in [0.05, 0.1) is 5.69 Å². The largest absolute Gasteiger partial charge is 0.508 e. The van der Waals surface area contributed by atoms with Crippen molar-refractivity contribution in [3.8, 4) is 5.75 Å². The summed E-state index contributed by atoms with van der Waals surface area (Å²) in [5.41, 5.74) is 2.13. The maximum Gasteiger partial charge on any atom is 0.134 e. The van der Waals surface area contributed by atoms with Gasteiger partial charge in [-0.25, -0.2) is 4.98 Å². The second-order valence-corrected chi connectivity index (χ2v) is 4.83. The fourth-order valence-electron chi connectivity index (χ4n) is 2.30. The van der Waals surface area contributed by atoms with Crippen LogP contribution in [0.3, 0.4) is 0 Å². The van der Waals surface area contributed by atoms with E-state index < -0.39 is 0 Å². The van der Waals surface area contributed by atoms with Crippen molar-refractivity contribution in [2.45, 2.75) is 13.5 Å². The minimum atomic E-state index is 0.242. The van der Waals surface area contributed by atoms with Crippen LogP contribution >= 0.6 is 0 Å². The number of hydrogen-bond donors (Lipinski definition) is 2. The summed E-state index contributed by atoms with van der Waals surface area (Å²) in [7, 11) is 1.91. The van der Waals surface area contributed by atoms with Crippen LogP contribution in [-0.4, -0.2) is 19.9 Å². The van der Waals surface area contributed by atoms with Crippen LogP contribution in [0.15, 0.2) is 36.7 Å². The minimum absolute atomic E-state index is 0.242. The molecule has 5 nitrogen and oxygen atoms in total. The van der Waals surface area contributed by atoms with Crippen molar-refractivity contribution >= 4 is 16.6 Å². The van der Waals surface area contributed by atoms with E-state index in [1.54, 1.807) is 23.0 Å². The molecule has 20 heavy (non-hydrogen) atoms. The van der Waals surface area contributed by atoms with E-state index in [0.29, 0.717) is 6.54 Å². The number of fused-ring (bicyclic) bond motifs is 1. The molecule has 102 valence electrons. The maximum atomic E-state index is 9.62. The molecule has 0 fully saturated rings. The molecular weight excluding hydrogens is 252 g/mol. The number of anilines is 1. The molecule has 3 rings (SSSR count). The summed E-state index contributed by atoms with van der Waals surface area (Å²) in [6.07, 6.45) is 3.75. The smallest absolute Gasteiger partial charge is 0.134 e. The molecule has 0 aliphatic rings. The molecule has 0 saturated heterocycles. The zero-order chi connectivity index (χ0) is 14.1. The van der Waals surface area contributed by atoms with Gasteiger partial charge < -0.3 is 10.4 Å². The topological polar surface area (TPSA) is 63.0 Å². The van der Waals surface area contributed by atoms with E-state index in [1.807, 2.05) is 32.3 Å². The molecule has 1 aromatic carbocycles. The predicted molar refractivity (Wildman–Crippen MR) is 78.7 cm³/mol. The predicted octanol–water partition coefficient (Wildman–Crippen LogP) is 2.59. The number of rotatable bonds is 3. The molecule has 5 heteroatoms. The lowest BCUT2D eigenvalue weighted by molar-refractivity contribution is 0.476. The van der Waals surface area contributed by atoms with Gasteiger partial charge >= 0.3 is 0 Å². The first-order valence-electron chi connectivity index (χ1n) is 6.44. The second kappa shape index (κ2) is 4.85. The lowest BCUT2D eigenvalue weighted by Gasteiger charge is -2.08. The molecule has 0 aliphatic carbocycles. The number of phenolic OH excluding ortho intramolecular Hbond substituents is 1. The first-order chi connectivity index (χ1) is 9.63. The van der Waals surface area contributed by atoms with Crippen LogP contribution in [0.5, 0.6) is 5.75 Å². The normalized spacial score (nSPS) is 10.9. The van der Waals surface area contributed by atoms with Gasteiger partial charge in [0, 0.05) is 36.9 Å². The number of nitrogens with one attached hydrogen (secondary N) is 1. The fourth-order valence-corrected chi connectivity index (χ4v) is 2.30. The molecule has 0 aliphatic heterocycles. The fraction of sp³-hybridized carbons (Fsp3) is 0.200. The second-order valence-electron chi connectivity index (χ2n) is 4.83. The third kappa shape index (κ3) is 2.30. The van der Waals surface area contributed by atoms with Crippen molar-refractivity contribution in [1.82, 2.24) is 14.8 Å². The number of aromatic hydroxyl groups is 1. The summed E-state index contributed by atoms with van der Waals surface area (Å²) in [6, 6.07) is 7.21. The average Bonchev–Trinajstić information content (AvgIpc) is 2.74. The van der Waals surface area contributed by atoms with Gasteiger partial charge in [-0.15, -0.1) is 0 Å². The van der Waals surface area contributed by atoms with Crippen LogP contribution in [-0.2, 0) is 13.6 Å². The molecule has 2 heterocycles. The number of pyridine rings is 1. The summed E-state index contributed by atoms with van der Waals surface area (Å²) in [5.74, 6) is 1.01. The summed E-state index contributed by atoms with van der Waals surface area (Å²) < 4.78 is 1.80. The molecule has 0 saturated carbocycles. The first-order valence-corrected chi connectivity index (χ1v) is 6.44. The number of hydrogen-bond acceptors (Lipinski definition) is 4. The van der Waals surface area contributed by atoms with Crippen molar-refractivity contribution in [1.29, 1.82) is 0 Å². The third-order valence-corrected chi connectivity index (χ3v) is 3.31. The van der Waals surface area contributed by atoms with Gasteiger partial charge in [-0.3, -0.25) is 4.68 Å². The zero-order valence-corrected chi connectivity index (χ0v) is 11.5. The summed E-state index contributed by atoms with van der Waals surface area (Å²) in [6.45, 7) is 2.64. The zero-order valence-electron chi connectivity index (χ0n) is 11.5. The van der Waals surface area contributed by atoms with Gasteiger partial charge in [0.15, 0.2) is 0 Å². The van der Waals surface area contributed by atoms with Gasteiger partial charge in [-0.1, -0.05) is 6.07 Å². The van der Waals surface area contributed by atoms with E-state index in [9.17, 15) is 5.11 Å². The van der Waals surface area contributed by atoms with Gasteiger partial charge in [0.1, 0.15) is 11.6 Å². The Morgan fingerprint density at radius 2 is 2.15 bits per heavy atom. The lowest BCUT2D eigenvalue weighted by Crippen LogP contribution is -2.02. The Bertz CT molecular complexity index is 764. The van der Waals surface area contributed by atoms with E-state index >= 15 is 0 Å². The van der Waals surface area contributed by atoms with Crippen LogP contribution < -0.4 is 5.32 Å². The van der Waals surface area contributed by atoms with Gasteiger partial charge in [0.2, 0.25) is 0 Å². The van der Waals surface area contributed by atoms with Crippen LogP contribution in [0, 0.1) is 6.92 Å². The van der Waals surface area contributed by atoms with Gasteiger partial charge in [0.25, 0.3) is 0 Å². The molecule has 0 atom stereocenters. The Morgan fingerprint density at radius 3 is 2.90 bits per heavy atom. The number of benzene rings is 1. The Labute approximate surface area is 116 Å². The molecule has 0 amide bonds. The average molecular weight is 268 g/mol. The highest BCUT2D eigenvalue weighted by Gasteiger charge is 2.06. The summed E-state index contributed by atoms with van der Waals surface area (Å²) in [4.78, 5) is 4.35. The van der Waals surface area contributed by atoms with Crippen molar-refractivity contribution in [2.75, 3.05) is 5.32 Å². The van der Waals surface area contributed by atoms with Crippen molar-refractivity contribution in [3.05, 3.63) is 47.9 Å². The minimum Gasteiger partial charge on any atom is -0.508 e. The standard InChI is InChI=1S/C15H16N4O/c1-10-12(9-19(2)18-10)8-17-15-14-7-13(20)4-3-11(14)5-6-16-15/h3-7,9,20H,8H2,1-2H3,(H,16,17). The van der Waals surface area contributed by atoms with E-state index in [4.69, 9.17) is 0 Å². The van der Waals surface area contributed by atoms with Crippen molar-refractivity contribution in [3.63, 3.8) is 0 Å². The van der Waals surface area contributed by atoms with Crippen LogP contribution in [0.4, 0.5) is 5.82 Å². The molecule has 2 N–H and O–H groups in total. The van der Waals surface area contributed by atoms with Crippen molar-refractivity contribution in [2.24, 2.45) is 7.05 Å². The molecule has 0 bridgehead atoms. The van der Waals surface area contributed by atoms with Gasteiger partial charge in [-0.05, 0) is 30.5 Å². The number of aromatic nitrogens is 3. The SMILES string of the molecule is Cc1nn(C)cc1CNc1nccc2ccc(O)cc12. The van der Waals surface area contributed by atoms with Crippen molar-refractivity contribution < 1.29 is 5.11 Å². The summed E-state index contributed by atoms with van der Waals surface area (Å²) >= 11 is 0. The van der Waals surface area contributed by atoms with E-state index in [0.717, 1.165) is 27.8 Å². The van der Waals surface area contributed by atoms with E-state index in [2.05, 4.69) is 15.4 Å². The quantitative estimate of drug-likeness (QED) is 0.766. The first kappa shape index (κ1) is 12.5. The highest BCUT2D eigenvalue weighted by atomic mass is 16.3. The highest BCUT2D eigenvalue weighted by Crippen LogP contribution is 2.25. The summed E-state index contributed by atoms with van der Waals surface area (Å²) in [5, 5.41) is 19.2. The Hall–Kier alpha value is -2.56. The highest BCUT2D eigenvalue weighted by molar-refractivity contribution is 5.92. The molecule has 3 aromatic rings. The Morgan fingerprint density at radius 1 is 1.30 bits per heavy atom. The Kier molecular flexibility index (Phi) is 3.02. The number of nitrogens with zero attached hydrogens (tertiary/aromatic N) is 3. The van der Waals surface area contributed by atoms with E-state index in [1.165, 1.54) is 0 Å². The molecule has 2 aromatic heterocycles. The number of phenols is 1. The van der Waals surface area contributed by atoms with Crippen LogP contribution in [0.2, 0.25) is 0 Å².